The number of rotatable bonds is 7. The Morgan fingerprint density at radius 3 is 2.28 bits per heavy atom. The topological polar surface area (TPSA) is 95.6 Å². The number of fused-ring (bicyclic) bond motifs is 1. The van der Waals surface area contributed by atoms with Gasteiger partial charge in [0.05, 0.1) is 17.7 Å². The standard InChI is InChI=1S/C22H23N3O4/c1-3-11-23-19(26)14(2)24-20(27)16-8-6-7-15(12-16)13-25-21(28)17-9-4-5-10-18(17)22(25)29/h4-10,12,14H,3,11,13H2,1-2H3,(H,23,26)(H,24,27)/t14-/m1/s1. The normalized spacial score (nSPS) is 13.8. The first-order chi connectivity index (χ1) is 13.9. The minimum atomic E-state index is -0.672. The number of imide groups is 1. The van der Waals surface area contributed by atoms with Gasteiger partial charge in [-0.15, -0.1) is 0 Å². The molecule has 2 N–H and O–H groups in total. The van der Waals surface area contributed by atoms with Gasteiger partial charge in [0.2, 0.25) is 5.91 Å². The summed E-state index contributed by atoms with van der Waals surface area (Å²) in [5.41, 5.74) is 1.78. The van der Waals surface area contributed by atoms with Crippen LogP contribution in [-0.4, -0.2) is 41.1 Å². The zero-order chi connectivity index (χ0) is 21.0. The number of nitrogens with one attached hydrogen (secondary N) is 2. The Bertz CT molecular complexity index is 935. The average molecular weight is 393 g/mol. The molecular formula is C22H23N3O4. The quantitative estimate of drug-likeness (QED) is 0.705. The van der Waals surface area contributed by atoms with Crippen LogP contribution in [0.3, 0.4) is 0 Å². The molecule has 1 aliphatic heterocycles. The van der Waals surface area contributed by atoms with E-state index < -0.39 is 11.9 Å². The van der Waals surface area contributed by atoms with Crippen molar-refractivity contribution in [2.45, 2.75) is 32.9 Å². The summed E-state index contributed by atoms with van der Waals surface area (Å²) in [5, 5.41) is 5.39. The van der Waals surface area contributed by atoms with Gasteiger partial charge in [0.1, 0.15) is 6.04 Å². The summed E-state index contributed by atoms with van der Waals surface area (Å²) >= 11 is 0. The first-order valence-electron chi connectivity index (χ1n) is 9.55. The van der Waals surface area contributed by atoms with Gasteiger partial charge in [-0.1, -0.05) is 31.2 Å². The van der Waals surface area contributed by atoms with Crippen molar-refractivity contribution in [1.29, 1.82) is 0 Å². The Morgan fingerprint density at radius 1 is 1.00 bits per heavy atom. The van der Waals surface area contributed by atoms with Gasteiger partial charge in [-0.05, 0) is 43.2 Å². The smallest absolute Gasteiger partial charge is 0.261 e. The summed E-state index contributed by atoms with van der Waals surface area (Å²) in [5.74, 6) is -1.33. The van der Waals surface area contributed by atoms with Crippen LogP contribution < -0.4 is 10.6 Å². The maximum atomic E-state index is 12.5. The van der Waals surface area contributed by atoms with E-state index in [1.165, 1.54) is 4.90 Å². The van der Waals surface area contributed by atoms with Crippen molar-refractivity contribution in [3.05, 3.63) is 70.8 Å². The molecule has 2 aromatic carbocycles. The van der Waals surface area contributed by atoms with E-state index in [0.717, 1.165) is 6.42 Å². The molecule has 4 amide bonds. The van der Waals surface area contributed by atoms with Crippen LogP contribution in [0.1, 0.15) is 56.9 Å². The Kier molecular flexibility index (Phi) is 6.07. The van der Waals surface area contributed by atoms with Crippen molar-refractivity contribution in [3.63, 3.8) is 0 Å². The highest BCUT2D eigenvalue weighted by atomic mass is 16.2. The second-order valence-electron chi connectivity index (χ2n) is 6.93. The van der Waals surface area contributed by atoms with Gasteiger partial charge in [0.25, 0.3) is 17.7 Å². The fourth-order valence-electron chi connectivity index (χ4n) is 3.12. The van der Waals surface area contributed by atoms with Gasteiger partial charge in [-0.25, -0.2) is 0 Å². The number of carbonyl (C=O) groups is 4. The summed E-state index contributed by atoms with van der Waals surface area (Å²) in [6.07, 6.45) is 0.812. The van der Waals surface area contributed by atoms with Crippen molar-refractivity contribution < 1.29 is 19.2 Å². The minimum Gasteiger partial charge on any atom is -0.354 e. The number of carbonyl (C=O) groups excluding carboxylic acids is 4. The first-order valence-corrected chi connectivity index (χ1v) is 9.55. The highest BCUT2D eigenvalue weighted by Gasteiger charge is 2.35. The molecular weight excluding hydrogens is 370 g/mol. The molecule has 150 valence electrons. The van der Waals surface area contributed by atoms with Crippen molar-refractivity contribution >= 4 is 23.6 Å². The molecule has 1 aliphatic rings. The molecule has 0 fully saturated rings. The molecule has 0 saturated carbocycles. The van der Waals surface area contributed by atoms with Crippen molar-refractivity contribution in [3.8, 4) is 0 Å². The lowest BCUT2D eigenvalue weighted by Crippen LogP contribution is -2.45. The Morgan fingerprint density at radius 2 is 1.66 bits per heavy atom. The van der Waals surface area contributed by atoms with Gasteiger partial charge < -0.3 is 10.6 Å². The van der Waals surface area contributed by atoms with Crippen LogP contribution in [0.2, 0.25) is 0 Å². The minimum absolute atomic E-state index is 0.0695. The molecule has 0 aliphatic carbocycles. The van der Waals surface area contributed by atoms with Crippen LogP contribution in [0, 0.1) is 0 Å². The molecule has 0 unspecified atom stereocenters. The van der Waals surface area contributed by atoms with E-state index in [1.807, 2.05) is 6.92 Å². The van der Waals surface area contributed by atoms with E-state index in [2.05, 4.69) is 10.6 Å². The molecule has 0 saturated heterocycles. The summed E-state index contributed by atoms with van der Waals surface area (Å²) in [7, 11) is 0. The fraction of sp³-hybridized carbons (Fsp3) is 0.273. The largest absolute Gasteiger partial charge is 0.354 e. The molecule has 29 heavy (non-hydrogen) atoms. The lowest BCUT2D eigenvalue weighted by atomic mass is 10.1. The fourth-order valence-corrected chi connectivity index (χ4v) is 3.12. The summed E-state index contributed by atoms with van der Waals surface area (Å²) in [6.45, 7) is 4.18. The van der Waals surface area contributed by atoms with Crippen LogP contribution in [0.15, 0.2) is 48.5 Å². The summed E-state index contributed by atoms with van der Waals surface area (Å²) in [4.78, 5) is 50.6. The van der Waals surface area contributed by atoms with Gasteiger partial charge >= 0.3 is 0 Å². The average Bonchev–Trinajstić information content (AvgIpc) is 2.97. The monoisotopic (exact) mass is 393 g/mol. The third kappa shape index (κ3) is 4.34. The molecule has 0 bridgehead atoms. The lowest BCUT2D eigenvalue weighted by molar-refractivity contribution is -0.122. The molecule has 7 nitrogen and oxygen atoms in total. The van der Waals surface area contributed by atoms with Gasteiger partial charge in [0, 0.05) is 12.1 Å². The van der Waals surface area contributed by atoms with E-state index in [0.29, 0.717) is 28.8 Å². The molecule has 3 rings (SSSR count). The van der Waals surface area contributed by atoms with Crippen LogP contribution >= 0.6 is 0 Å². The third-order valence-electron chi connectivity index (χ3n) is 4.70. The maximum Gasteiger partial charge on any atom is 0.261 e. The van der Waals surface area contributed by atoms with E-state index in [4.69, 9.17) is 0 Å². The number of hydrogen-bond donors (Lipinski definition) is 2. The number of benzene rings is 2. The lowest BCUT2D eigenvalue weighted by Gasteiger charge is -2.16. The first kappa shape index (κ1) is 20.3. The summed E-state index contributed by atoms with van der Waals surface area (Å²) in [6, 6.07) is 12.7. The molecule has 2 aromatic rings. The highest BCUT2D eigenvalue weighted by molar-refractivity contribution is 6.21. The van der Waals surface area contributed by atoms with Crippen molar-refractivity contribution in [2.75, 3.05) is 6.54 Å². The van der Waals surface area contributed by atoms with E-state index >= 15 is 0 Å². The second kappa shape index (κ2) is 8.68. The Hall–Kier alpha value is -3.48. The number of amides is 4. The van der Waals surface area contributed by atoms with Gasteiger partial charge in [-0.3, -0.25) is 24.1 Å². The van der Waals surface area contributed by atoms with E-state index in [-0.39, 0.29) is 24.3 Å². The summed E-state index contributed by atoms with van der Waals surface area (Å²) < 4.78 is 0. The zero-order valence-corrected chi connectivity index (χ0v) is 16.4. The molecule has 1 heterocycles. The Balaban J connectivity index is 1.69. The Labute approximate surface area is 169 Å². The van der Waals surface area contributed by atoms with Crippen LogP contribution in [0.5, 0.6) is 0 Å². The predicted molar refractivity (Wildman–Crippen MR) is 107 cm³/mol. The SMILES string of the molecule is CCCNC(=O)[C@@H](C)NC(=O)c1cccc(CN2C(=O)c3ccccc3C2=O)c1. The van der Waals surface area contributed by atoms with E-state index in [9.17, 15) is 19.2 Å². The number of hydrogen-bond acceptors (Lipinski definition) is 4. The second-order valence-corrected chi connectivity index (χ2v) is 6.93. The molecule has 0 spiro atoms. The maximum absolute atomic E-state index is 12.5. The van der Waals surface area contributed by atoms with E-state index in [1.54, 1.807) is 55.5 Å². The van der Waals surface area contributed by atoms with Gasteiger partial charge in [-0.2, -0.15) is 0 Å². The highest BCUT2D eigenvalue weighted by Crippen LogP contribution is 2.24. The van der Waals surface area contributed by atoms with Gasteiger partial charge in [0.15, 0.2) is 0 Å². The third-order valence-corrected chi connectivity index (χ3v) is 4.70. The van der Waals surface area contributed by atoms with Crippen LogP contribution in [0.25, 0.3) is 0 Å². The van der Waals surface area contributed by atoms with Crippen molar-refractivity contribution in [2.24, 2.45) is 0 Å². The molecule has 0 aromatic heterocycles. The molecule has 0 radical (unpaired) electrons. The predicted octanol–water partition coefficient (Wildman–Crippen LogP) is 2.13. The van der Waals surface area contributed by atoms with Crippen molar-refractivity contribution in [1.82, 2.24) is 15.5 Å². The molecule has 1 atom stereocenters. The zero-order valence-electron chi connectivity index (χ0n) is 16.4. The van der Waals surface area contributed by atoms with Crippen LogP contribution in [-0.2, 0) is 11.3 Å². The molecule has 7 heteroatoms. The number of nitrogens with zero attached hydrogens (tertiary/aromatic N) is 1. The van der Waals surface area contributed by atoms with Crippen LogP contribution in [0.4, 0.5) is 0 Å².